The molecule has 1 fully saturated rings. The van der Waals surface area contributed by atoms with Crippen molar-refractivity contribution in [1.29, 1.82) is 0 Å². The Morgan fingerprint density at radius 1 is 1.26 bits per heavy atom. The third kappa shape index (κ3) is 4.23. The summed E-state index contributed by atoms with van der Waals surface area (Å²) >= 11 is 12.5. The zero-order valence-corrected chi connectivity index (χ0v) is 18.4. The topological polar surface area (TPSA) is 79.2 Å². The van der Waals surface area contributed by atoms with E-state index in [9.17, 15) is 13.6 Å². The number of hydrogen-bond acceptors (Lipinski definition) is 5. The molecule has 0 bridgehead atoms. The van der Waals surface area contributed by atoms with Crippen molar-refractivity contribution >= 4 is 52.2 Å². The van der Waals surface area contributed by atoms with Crippen molar-refractivity contribution in [3.05, 3.63) is 68.2 Å². The van der Waals surface area contributed by atoms with Gasteiger partial charge in [0.15, 0.2) is 5.82 Å². The van der Waals surface area contributed by atoms with Crippen LogP contribution in [0.1, 0.15) is 12.0 Å². The lowest BCUT2D eigenvalue weighted by atomic mass is 9.87. The van der Waals surface area contributed by atoms with Crippen LogP contribution in [0.25, 0.3) is 10.9 Å². The van der Waals surface area contributed by atoms with E-state index in [1.54, 1.807) is 0 Å². The van der Waals surface area contributed by atoms with Gasteiger partial charge in [-0.1, -0.05) is 23.2 Å². The average Bonchev–Trinajstić information content (AvgIpc) is 3.17. The van der Waals surface area contributed by atoms with Gasteiger partial charge in [0.1, 0.15) is 11.3 Å². The fourth-order valence-corrected chi connectivity index (χ4v) is 4.38. The molecule has 6 nitrogen and oxygen atoms in total. The maximum absolute atomic E-state index is 14.8. The molecule has 0 aliphatic carbocycles. The number of fused-ring (bicyclic) bond motifs is 1. The summed E-state index contributed by atoms with van der Waals surface area (Å²) in [6, 6.07) is 5.30. The van der Waals surface area contributed by atoms with Gasteiger partial charge in [0.2, 0.25) is 0 Å². The molecule has 1 aliphatic rings. The molecular weight excluding hydrogens is 473 g/mol. The number of rotatable bonds is 5. The molecule has 11 heteroatoms. The van der Waals surface area contributed by atoms with E-state index in [0.717, 1.165) is 0 Å². The van der Waals surface area contributed by atoms with E-state index in [-0.39, 0.29) is 57.8 Å². The van der Waals surface area contributed by atoms with Gasteiger partial charge in [0.05, 0.1) is 40.4 Å². The quantitative estimate of drug-likeness (QED) is 0.475. The second-order valence-electron chi connectivity index (χ2n) is 7.17. The number of nitrogens with one attached hydrogen (secondary N) is 2. The standard InChI is InChI=1S/C20H18Cl2F2N4O2.ClH/c21-13-1-2-14(23)16(17(13)22)20(3-4-25-9-20)27-11-7-12-18(15(24)8-11)26-10-28(5-6-29)19(12)30;/h1-2,7-8,10,25,27,29H,3-6,9H2;1H. The zero-order valence-electron chi connectivity index (χ0n) is 16.1. The van der Waals surface area contributed by atoms with Crippen molar-refractivity contribution in [3.63, 3.8) is 0 Å². The Bertz CT molecular complexity index is 1180. The molecule has 1 unspecified atom stereocenters. The van der Waals surface area contributed by atoms with Crippen molar-refractivity contribution < 1.29 is 13.9 Å². The summed E-state index contributed by atoms with van der Waals surface area (Å²) in [6.07, 6.45) is 1.66. The van der Waals surface area contributed by atoms with E-state index in [1.807, 2.05) is 0 Å². The van der Waals surface area contributed by atoms with Crippen LogP contribution in [0.15, 0.2) is 35.4 Å². The van der Waals surface area contributed by atoms with Crippen LogP contribution in [0, 0.1) is 11.6 Å². The minimum atomic E-state index is -0.988. The Balaban J connectivity index is 0.00000272. The van der Waals surface area contributed by atoms with Gasteiger partial charge in [0.25, 0.3) is 5.56 Å². The highest BCUT2D eigenvalue weighted by molar-refractivity contribution is 6.42. The van der Waals surface area contributed by atoms with Crippen molar-refractivity contribution in [2.24, 2.45) is 0 Å². The molecule has 3 N–H and O–H groups in total. The number of benzene rings is 2. The molecule has 3 aromatic rings. The molecule has 0 saturated carbocycles. The summed E-state index contributed by atoms with van der Waals surface area (Å²) in [6.45, 7) is 0.689. The second kappa shape index (κ2) is 9.26. The number of aromatic nitrogens is 2. The van der Waals surface area contributed by atoms with Gasteiger partial charge in [-0.05, 0) is 37.2 Å². The normalized spacial score (nSPS) is 18.2. The van der Waals surface area contributed by atoms with Crippen LogP contribution in [0.4, 0.5) is 14.5 Å². The lowest BCUT2D eigenvalue weighted by Crippen LogP contribution is -2.39. The Labute approximate surface area is 192 Å². The number of nitrogens with zero attached hydrogens (tertiary/aromatic N) is 2. The van der Waals surface area contributed by atoms with Crippen LogP contribution in [-0.2, 0) is 12.1 Å². The summed E-state index contributed by atoms with van der Waals surface area (Å²) in [5.41, 5.74) is -1.09. The average molecular weight is 492 g/mol. The number of aliphatic hydroxyl groups is 1. The maximum atomic E-state index is 14.8. The van der Waals surface area contributed by atoms with Crippen LogP contribution in [-0.4, -0.2) is 34.4 Å². The SMILES string of the molecule is Cl.O=c1c2cc(NC3(c4c(F)ccc(Cl)c4Cl)CCNC3)cc(F)c2ncn1CCO. The molecular formula is C20H19Cl3F2N4O2. The summed E-state index contributed by atoms with van der Waals surface area (Å²) in [4.78, 5) is 16.7. The first-order chi connectivity index (χ1) is 14.4. The van der Waals surface area contributed by atoms with E-state index >= 15 is 0 Å². The van der Waals surface area contributed by atoms with Gasteiger partial charge in [-0.25, -0.2) is 13.8 Å². The van der Waals surface area contributed by atoms with Crippen molar-refractivity contribution in [3.8, 4) is 0 Å². The van der Waals surface area contributed by atoms with E-state index < -0.39 is 22.7 Å². The molecule has 1 atom stereocenters. The van der Waals surface area contributed by atoms with Crippen molar-refractivity contribution in [2.75, 3.05) is 25.0 Å². The first-order valence-electron chi connectivity index (χ1n) is 9.29. The van der Waals surface area contributed by atoms with Crippen LogP contribution in [0.3, 0.4) is 0 Å². The molecule has 1 saturated heterocycles. The van der Waals surface area contributed by atoms with Gasteiger partial charge < -0.3 is 15.7 Å². The van der Waals surface area contributed by atoms with Crippen LogP contribution >= 0.6 is 35.6 Å². The van der Waals surface area contributed by atoms with Gasteiger partial charge in [0, 0.05) is 17.8 Å². The third-order valence-electron chi connectivity index (χ3n) is 5.28. The molecule has 0 spiro atoms. The maximum Gasteiger partial charge on any atom is 0.261 e. The highest BCUT2D eigenvalue weighted by atomic mass is 35.5. The van der Waals surface area contributed by atoms with Crippen molar-refractivity contribution in [2.45, 2.75) is 18.5 Å². The predicted octanol–water partition coefficient (Wildman–Crippen LogP) is 3.70. The number of halogens is 5. The fourth-order valence-electron chi connectivity index (χ4n) is 3.88. The van der Waals surface area contributed by atoms with E-state index in [1.165, 1.54) is 35.2 Å². The molecule has 1 aromatic heterocycles. The van der Waals surface area contributed by atoms with E-state index in [2.05, 4.69) is 15.6 Å². The zero-order chi connectivity index (χ0) is 21.5. The smallest absolute Gasteiger partial charge is 0.261 e. The molecule has 0 radical (unpaired) electrons. The Kier molecular flexibility index (Phi) is 7.08. The predicted molar refractivity (Wildman–Crippen MR) is 120 cm³/mol. The summed E-state index contributed by atoms with van der Waals surface area (Å²) in [5, 5.41) is 15.8. The lowest BCUT2D eigenvalue weighted by Gasteiger charge is -2.33. The molecule has 31 heavy (non-hydrogen) atoms. The van der Waals surface area contributed by atoms with Crippen LogP contribution in [0.2, 0.25) is 10.0 Å². The van der Waals surface area contributed by atoms with Gasteiger partial charge in [-0.2, -0.15) is 0 Å². The largest absolute Gasteiger partial charge is 0.395 e. The first-order valence-corrected chi connectivity index (χ1v) is 10.0. The monoisotopic (exact) mass is 490 g/mol. The molecule has 2 aromatic carbocycles. The summed E-state index contributed by atoms with van der Waals surface area (Å²) in [5.74, 6) is -1.23. The van der Waals surface area contributed by atoms with Crippen LogP contribution < -0.4 is 16.2 Å². The van der Waals surface area contributed by atoms with Gasteiger partial charge in [-0.3, -0.25) is 9.36 Å². The van der Waals surface area contributed by atoms with Crippen molar-refractivity contribution in [1.82, 2.24) is 14.9 Å². The molecule has 1 aliphatic heterocycles. The Morgan fingerprint density at radius 2 is 2.03 bits per heavy atom. The minimum absolute atomic E-state index is 0. The fraction of sp³-hybridized carbons (Fsp3) is 0.300. The Hall–Kier alpha value is -1.97. The summed E-state index contributed by atoms with van der Waals surface area (Å²) < 4.78 is 30.7. The molecule has 4 rings (SSSR count). The van der Waals surface area contributed by atoms with Gasteiger partial charge >= 0.3 is 0 Å². The second-order valence-corrected chi connectivity index (χ2v) is 7.96. The third-order valence-corrected chi connectivity index (χ3v) is 6.09. The van der Waals surface area contributed by atoms with Crippen LogP contribution in [0.5, 0.6) is 0 Å². The minimum Gasteiger partial charge on any atom is -0.395 e. The molecule has 166 valence electrons. The first kappa shape index (κ1) is 23.7. The van der Waals surface area contributed by atoms with E-state index in [0.29, 0.717) is 19.5 Å². The summed E-state index contributed by atoms with van der Waals surface area (Å²) in [7, 11) is 0. The highest BCUT2D eigenvalue weighted by Gasteiger charge is 2.40. The highest BCUT2D eigenvalue weighted by Crippen LogP contribution is 2.41. The lowest BCUT2D eigenvalue weighted by molar-refractivity contribution is 0.274. The Morgan fingerprint density at radius 3 is 2.71 bits per heavy atom. The molecule has 0 amide bonds. The number of hydrogen-bond donors (Lipinski definition) is 3. The van der Waals surface area contributed by atoms with Gasteiger partial charge in [-0.15, -0.1) is 12.4 Å². The number of anilines is 1. The molecule has 2 heterocycles. The number of aliphatic hydroxyl groups excluding tert-OH is 1. The van der Waals surface area contributed by atoms with E-state index in [4.69, 9.17) is 28.3 Å².